The summed E-state index contributed by atoms with van der Waals surface area (Å²) in [6.07, 6.45) is 12.5. The van der Waals surface area contributed by atoms with E-state index in [1.807, 2.05) is 0 Å². The highest BCUT2D eigenvalue weighted by atomic mass is 14.7. The molecule has 22 heavy (non-hydrogen) atoms. The van der Waals surface area contributed by atoms with Crippen molar-refractivity contribution in [3.63, 3.8) is 0 Å². The van der Waals surface area contributed by atoms with E-state index in [2.05, 4.69) is 43.1 Å². The average Bonchev–Trinajstić information content (AvgIpc) is 3.09. The Morgan fingerprint density at radius 3 is 2.73 bits per heavy atom. The topological polar surface area (TPSA) is 15.8 Å². The zero-order chi connectivity index (χ0) is 15.4. The van der Waals surface area contributed by atoms with Gasteiger partial charge in [0.15, 0.2) is 0 Å². The number of rotatable bonds is 8. The van der Waals surface area contributed by atoms with E-state index in [9.17, 15) is 0 Å². The molecule has 0 spiro atoms. The van der Waals surface area contributed by atoms with E-state index in [-0.39, 0.29) is 0 Å². The number of aryl methyl sites for hydroxylation is 1. The smallest absolute Gasteiger partial charge is 0.0459 e. The van der Waals surface area contributed by atoms with Crippen LogP contribution in [-0.4, -0.2) is 4.98 Å². The lowest BCUT2D eigenvalue weighted by atomic mass is 9.84. The Kier molecular flexibility index (Phi) is 5.23. The fraction of sp³-hybridized carbons (Fsp3) is 0.619. The van der Waals surface area contributed by atoms with Gasteiger partial charge < -0.3 is 4.98 Å². The summed E-state index contributed by atoms with van der Waals surface area (Å²) in [4.78, 5) is 3.65. The van der Waals surface area contributed by atoms with Crippen LogP contribution in [0.15, 0.2) is 24.3 Å². The number of H-pyrrole nitrogens is 1. The van der Waals surface area contributed by atoms with Crippen molar-refractivity contribution >= 4 is 10.9 Å². The second kappa shape index (κ2) is 7.35. The molecule has 1 aromatic heterocycles. The minimum absolute atomic E-state index is 0.779. The number of nitrogens with one attached hydrogen (secondary N) is 1. The molecule has 1 N–H and O–H groups in total. The molecule has 0 saturated heterocycles. The zero-order valence-electron chi connectivity index (χ0n) is 14.3. The second-order valence-electron chi connectivity index (χ2n) is 7.24. The first-order valence-corrected chi connectivity index (χ1v) is 9.40. The van der Waals surface area contributed by atoms with Gasteiger partial charge in [0.1, 0.15) is 0 Å². The van der Waals surface area contributed by atoms with E-state index in [0.29, 0.717) is 0 Å². The van der Waals surface area contributed by atoms with Gasteiger partial charge in [0.25, 0.3) is 0 Å². The Bertz CT molecular complexity index is 595. The lowest BCUT2D eigenvalue weighted by Gasteiger charge is -2.20. The van der Waals surface area contributed by atoms with Crippen molar-refractivity contribution in [3.05, 3.63) is 35.5 Å². The van der Waals surface area contributed by atoms with Crippen LogP contribution in [0.4, 0.5) is 0 Å². The first-order chi connectivity index (χ1) is 10.8. The number of fused-ring (bicyclic) bond motifs is 3. The molecule has 1 aliphatic rings. The Labute approximate surface area is 135 Å². The molecule has 1 aliphatic carbocycles. The minimum Gasteiger partial charge on any atom is -0.358 e. The Balaban J connectivity index is 1.58. The molecule has 0 fully saturated rings. The lowest BCUT2D eigenvalue weighted by molar-refractivity contribution is 0.406. The van der Waals surface area contributed by atoms with E-state index in [4.69, 9.17) is 0 Å². The van der Waals surface area contributed by atoms with Crippen LogP contribution in [0.5, 0.6) is 0 Å². The van der Waals surface area contributed by atoms with Gasteiger partial charge in [-0.1, -0.05) is 77.0 Å². The summed E-state index contributed by atoms with van der Waals surface area (Å²) in [5.41, 5.74) is 4.50. The number of para-hydroxylation sites is 1. The molecule has 1 nitrogen and oxygen atoms in total. The molecule has 0 amide bonds. The Morgan fingerprint density at radius 2 is 1.86 bits per heavy atom. The molecule has 0 radical (unpaired) electrons. The maximum absolute atomic E-state index is 3.65. The summed E-state index contributed by atoms with van der Waals surface area (Å²) < 4.78 is 0. The summed E-state index contributed by atoms with van der Waals surface area (Å²) in [5.74, 6) is 1.61. The third-order valence-corrected chi connectivity index (χ3v) is 5.60. The van der Waals surface area contributed by atoms with Crippen LogP contribution in [0.2, 0.25) is 0 Å². The quantitative estimate of drug-likeness (QED) is 0.529. The maximum atomic E-state index is 3.65. The number of unbranched alkanes of at least 4 members (excludes halogenated alkanes) is 5. The fourth-order valence-electron chi connectivity index (χ4n) is 4.30. The summed E-state index contributed by atoms with van der Waals surface area (Å²) in [5, 5.41) is 1.48. The summed E-state index contributed by atoms with van der Waals surface area (Å²) in [7, 11) is 0. The van der Waals surface area contributed by atoms with Gasteiger partial charge >= 0.3 is 0 Å². The van der Waals surface area contributed by atoms with Crippen molar-refractivity contribution in [1.29, 1.82) is 0 Å². The zero-order valence-corrected chi connectivity index (χ0v) is 14.3. The number of benzene rings is 1. The number of hydrogen-bond acceptors (Lipinski definition) is 0. The number of aromatic amines is 1. The highest BCUT2D eigenvalue weighted by Gasteiger charge is 2.30. The molecule has 0 bridgehead atoms. The van der Waals surface area contributed by atoms with Gasteiger partial charge in [-0.2, -0.15) is 0 Å². The highest BCUT2D eigenvalue weighted by Crippen LogP contribution is 2.43. The van der Waals surface area contributed by atoms with Crippen LogP contribution in [0.3, 0.4) is 0 Å². The molecule has 1 aromatic carbocycles. The Hall–Kier alpha value is -1.24. The van der Waals surface area contributed by atoms with Crippen LogP contribution in [0.1, 0.15) is 82.4 Å². The third kappa shape index (κ3) is 3.24. The molecule has 2 unspecified atom stereocenters. The van der Waals surface area contributed by atoms with Gasteiger partial charge in [-0.15, -0.1) is 0 Å². The summed E-state index contributed by atoms with van der Waals surface area (Å²) >= 11 is 0. The van der Waals surface area contributed by atoms with Gasteiger partial charge in [0, 0.05) is 16.6 Å². The van der Waals surface area contributed by atoms with E-state index in [0.717, 1.165) is 11.8 Å². The highest BCUT2D eigenvalue weighted by molar-refractivity contribution is 5.85. The normalized spacial score (nSPS) is 18.7. The average molecular weight is 297 g/mol. The predicted octanol–water partition coefficient (Wildman–Crippen LogP) is 6.58. The number of aromatic nitrogens is 1. The van der Waals surface area contributed by atoms with Gasteiger partial charge in [-0.05, 0) is 36.3 Å². The van der Waals surface area contributed by atoms with Crippen molar-refractivity contribution in [1.82, 2.24) is 4.98 Å². The molecule has 1 heteroatoms. The molecule has 2 aromatic rings. The van der Waals surface area contributed by atoms with Crippen molar-refractivity contribution < 1.29 is 0 Å². The molecule has 1 heterocycles. The van der Waals surface area contributed by atoms with E-state index < -0.39 is 0 Å². The first kappa shape index (κ1) is 15.6. The van der Waals surface area contributed by atoms with Crippen LogP contribution in [-0.2, 0) is 6.42 Å². The van der Waals surface area contributed by atoms with Crippen LogP contribution in [0.25, 0.3) is 10.9 Å². The van der Waals surface area contributed by atoms with Crippen molar-refractivity contribution in [2.45, 2.75) is 77.6 Å². The van der Waals surface area contributed by atoms with Gasteiger partial charge in [-0.3, -0.25) is 0 Å². The third-order valence-electron chi connectivity index (χ3n) is 5.60. The van der Waals surface area contributed by atoms with Crippen molar-refractivity contribution in [3.8, 4) is 0 Å². The summed E-state index contributed by atoms with van der Waals surface area (Å²) in [6.45, 7) is 4.77. The molecule has 0 aliphatic heterocycles. The van der Waals surface area contributed by atoms with Crippen molar-refractivity contribution in [2.75, 3.05) is 0 Å². The van der Waals surface area contributed by atoms with Crippen LogP contribution < -0.4 is 0 Å². The van der Waals surface area contributed by atoms with E-state index in [1.165, 1.54) is 74.4 Å². The monoisotopic (exact) mass is 297 g/mol. The molecule has 0 saturated carbocycles. The predicted molar refractivity (Wildman–Crippen MR) is 96.5 cm³/mol. The second-order valence-corrected chi connectivity index (χ2v) is 7.24. The van der Waals surface area contributed by atoms with E-state index >= 15 is 0 Å². The summed E-state index contributed by atoms with van der Waals surface area (Å²) in [6, 6.07) is 8.86. The molecule has 120 valence electrons. The fourth-order valence-corrected chi connectivity index (χ4v) is 4.30. The standard InChI is InChI=1S/C21H31N/c1-3-4-5-6-7-8-11-16(2)17-14-15-20-21(17)18-12-9-10-13-19(18)22-20/h9-10,12-13,16-17,22H,3-8,11,14-15H2,1-2H3. The van der Waals surface area contributed by atoms with E-state index in [1.54, 1.807) is 5.56 Å². The van der Waals surface area contributed by atoms with Gasteiger partial charge in [0.2, 0.25) is 0 Å². The molecular weight excluding hydrogens is 266 g/mol. The largest absolute Gasteiger partial charge is 0.358 e. The van der Waals surface area contributed by atoms with Crippen LogP contribution >= 0.6 is 0 Å². The molecular formula is C21H31N. The maximum Gasteiger partial charge on any atom is 0.0459 e. The first-order valence-electron chi connectivity index (χ1n) is 9.40. The van der Waals surface area contributed by atoms with Gasteiger partial charge in [-0.25, -0.2) is 0 Å². The number of hydrogen-bond donors (Lipinski definition) is 1. The van der Waals surface area contributed by atoms with Crippen LogP contribution in [0, 0.1) is 5.92 Å². The van der Waals surface area contributed by atoms with Gasteiger partial charge in [0.05, 0.1) is 0 Å². The molecule has 2 atom stereocenters. The Morgan fingerprint density at radius 1 is 1.09 bits per heavy atom. The van der Waals surface area contributed by atoms with Crippen molar-refractivity contribution in [2.24, 2.45) is 5.92 Å². The lowest BCUT2D eigenvalue weighted by Crippen LogP contribution is -2.06. The molecule has 3 rings (SSSR count). The minimum atomic E-state index is 0.779. The SMILES string of the molecule is CCCCCCCCC(C)C1CCc2[nH]c3ccccc3c21.